The summed E-state index contributed by atoms with van der Waals surface area (Å²) < 4.78 is 39.8. The van der Waals surface area contributed by atoms with Crippen molar-refractivity contribution in [2.24, 2.45) is 5.73 Å². The van der Waals surface area contributed by atoms with E-state index in [2.05, 4.69) is 11.3 Å². The highest BCUT2D eigenvalue weighted by Gasteiger charge is 2.32. The van der Waals surface area contributed by atoms with Gasteiger partial charge in [0.05, 0.1) is 0 Å². The zero-order valence-electron chi connectivity index (χ0n) is 8.04. The quantitative estimate of drug-likeness (QED) is 0.809. The van der Waals surface area contributed by atoms with Crippen molar-refractivity contribution in [1.82, 2.24) is 0 Å². The van der Waals surface area contributed by atoms with Gasteiger partial charge in [-0.2, -0.15) is 0 Å². The summed E-state index contributed by atoms with van der Waals surface area (Å²) in [6, 6.07) is 5.15. The van der Waals surface area contributed by atoms with E-state index in [1.807, 2.05) is 0 Å². The highest BCUT2D eigenvalue weighted by molar-refractivity contribution is 6.18. The number of ether oxygens (including phenoxy) is 1. The molecule has 0 atom stereocenters. The van der Waals surface area contributed by atoms with Crippen molar-refractivity contribution in [3.05, 3.63) is 36.4 Å². The van der Waals surface area contributed by atoms with E-state index in [0.717, 1.165) is 6.07 Å². The Morgan fingerprint density at radius 3 is 2.38 bits per heavy atom. The van der Waals surface area contributed by atoms with Crippen LogP contribution in [0.4, 0.5) is 13.2 Å². The number of rotatable bonds is 3. The smallest absolute Gasteiger partial charge is 0.405 e. The zero-order chi connectivity index (χ0) is 12.3. The minimum absolute atomic E-state index is 0.0766. The first-order chi connectivity index (χ1) is 7.31. The highest BCUT2D eigenvalue weighted by atomic mass is 19.4. The Labute approximate surface area is 89.3 Å². The molecule has 6 heteroatoms. The average Bonchev–Trinajstić information content (AvgIpc) is 2.15. The van der Waals surface area contributed by atoms with E-state index in [-0.39, 0.29) is 11.1 Å². The number of amides is 1. The molecule has 1 rings (SSSR count). The third-order valence-corrected chi connectivity index (χ3v) is 1.74. The van der Waals surface area contributed by atoms with Gasteiger partial charge in [0.25, 0.3) is 0 Å². The fourth-order valence-electron chi connectivity index (χ4n) is 1.06. The molecule has 0 saturated heterocycles. The molecule has 86 valence electrons. The van der Waals surface area contributed by atoms with Crippen LogP contribution in [0.25, 0.3) is 5.57 Å². The Bertz CT molecular complexity index is 426. The normalized spacial score (nSPS) is 10.9. The van der Waals surface area contributed by atoms with Crippen LogP contribution in [0.2, 0.25) is 0 Å². The fourth-order valence-corrected chi connectivity index (χ4v) is 1.06. The minimum Gasteiger partial charge on any atom is -0.405 e. The van der Waals surface area contributed by atoms with E-state index in [4.69, 9.17) is 5.73 Å². The summed E-state index contributed by atoms with van der Waals surface area (Å²) in [7, 11) is 0. The number of carbonyl (C=O) groups excluding carboxylic acids is 1. The first kappa shape index (κ1) is 12.1. The van der Waals surface area contributed by atoms with Crippen molar-refractivity contribution >= 4 is 11.5 Å². The van der Waals surface area contributed by atoms with Crippen LogP contribution in [-0.2, 0) is 4.79 Å². The molecule has 0 unspecified atom stereocenters. The predicted octanol–water partition coefficient (Wildman–Crippen LogP) is 2.08. The van der Waals surface area contributed by atoms with Gasteiger partial charge < -0.3 is 10.5 Å². The molecule has 1 aromatic rings. The second kappa shape index (κ2) is 4.26. The van der Waals surface area contributed by atoms with Crippen molar-refractivity contribution in [1.29, 1.82) is 0 Å². The molecule has 0 heterocycles. The van der Waals surface area contributed by atoms with E-state index < -0.39 is 18.0 Å². The van der Waals surface area contributed by atoms with E-state index in [0.29, 0.717) is 0 Å². The zero-order valence-corrected chi connectivity index (χ0v) is 8.04. The fraction of sp³-hybridized carbons (Fsp3) is 0.100. The number of alkyl halides is 3. The molecule has 0 saturated carbocycles. The molecule has 1 amide bonds. The SMILES string of the molecule is C=C(C(N)=O)c1ccccc1OC(F)(F)F. The number of para-hydroxylation sites is 1. The van der Waals surface area contributed by atoms with E-state index in [1.54, 1.807) is 0 Å². The topological polar surface area (TPSA) is 52.3 Å². The number of halogens is 3. The van der Waals surface area contributed by atoms with Gasteiger partial charge in [0.1, 0.15) is 5.75 Å². The van der Waals surface area contributed by atoms with Crippen molar-refractivity contribution in [2.45, 2.75) is 6.36 Å². The first-order valence-electron chi connectivity index (χ1n) is 4.15. The van der Waals surface area contributed by atoms with Crippen LogP contribution in [0.3, 0.4) is 0 Å². The van der Waals surface area contributed by atoms with Gasteiger partial charge in [-0.05, 0) is 6.07 Å². The summed E-state index contributed by atoms with van der Waals surface area (Å²) in [5, 5.41) is 0. The van der Waals surface area contributed by atoms with Crippen molar-refractivity contribution in [3.63, 3.8) is 0 Å². The number of nitrogens with two attached hydrogens (primary N) is 1. The van der Waals surface area contributed by atoms with Crippen LogP contribution in [0, 0.1) is 0 Å². The van der Waals surface area contributed by atoms with Crippen LogP contribution in [-0.4, -0.2) is 12.3 Å². The van der Waals surface area contributed by atoms with Gasteiger partial charge in [-0.15, -0.1) is 13.2 Å². The minimum atomic E-state index is -4.83. The molecule has 2 N–H and O–H groups in total. The lowest BCUT2D eigenvalue weighted by Gasteiger charge is -2.13. The number of benzene rings is 1. The van der Waals surface area contributed by atoms with Gasteiger partial charge in [0.2, 0.25) is 5.91 Å². The summed E-state index contributed by atoms with van der Waals surface area (Å²) in [5.74, 6) is -1.41. The molecule has 3 nitrogen and oxygen atoms in total. The number of carbonyl (C=O) groups is 1. The molecule has 0 radical (unpaired) electrons. The standard InChI is InChI=1S/C10H8F3NO2/c1-6(9(14)15)7-4-2-3-5-8(7)16-10(11,12)13/h2-5H,1H2,(H2,14,15). The molecule has 0 spiro atoms. The maximum Gasteiger partial charge on any atom is 0.573 e. The second-order valence-electron chi connectivity index (χ2n) is 2.89. The van der Waals surface area contributed by atoms with Crippen molar-refractivity contribution in [2.75, 3.05) is 0 Å². The molecule has 16 heavy (non-hydrogen) atoms. The number of primary amides is 1. The molecule has 0 aliphatic rings. The van der Waals surface area contributed by atoms with Crippen LogP contribution in [0.15, 0.2) is 30.8 Å². The third kappa shape index (κ3) is 3.01. The summed E-state index contributed by atoms with van der Waals surface area (Å²) in [6.07, 6.45) is -4.83. The Hall–Kier alpha value is -1.98. The lowest BCUT2D eigenvalue weighted by Crippen LogP contribution is -2.19. The monoisotopic (exact) mass is 231 g/mol. The molecule has 0 aromatic heterocycles. The molecule has 0 aliphatic heterocycles. The van der Waals surface area contributed by atoms with Crippen LogP contribution in [0.5, 0.6) is 5.75 Å². The van der Waals surface area contributed by atoms with Crippen molar-refractivity contribution in [3.8, 4) is 5.75 Å². The van der Waals surface area contributed by atoms with Gasteiger partial charge >= 0.3 is 6.36 Å². The van der Waals surface area contributed by atoms with Gasteiger partial charge in [-0.3, -0.25) is 4.79 Å². The molecule has 0 fully saturated rings. The maximum absolute atomic E-state index is 12.0. The molecule has 0 aliphatic carbocycles. The Balaban J connectivity index is 3.10. The number of hydrogen-bond donors (Lipinski definition) is 1. The molecule has 0 bridgehead atoms. The molecular formula is C10H8F3NO2. The van der Waals surface area contributed by atoms with Gasteiger partial charge in [0, 0.05) is 11.1 Å². The molecule has 1 aromatic carbocycles. The van der Waals surface area contributed by atoms with Gasteiger partial charge in [-0.1, -0.05) is 24.8 Å². The maximum atomic E-state index is 12.0. The van der Waals surface area contributed by atoms with E-state index >= 15 is 0 Å². The van der Waals surface area contributed by atoms with Crippen molar-refractivity contribution < 1.29 is 22.7 Å². The first-order valence-corrected chi connectivity index (χ1v) is 4.15. The lowest BCUT2D eigenvalue weighted by atomic mass is 10.1. The summed E-state index contributed by atoms with van der Waals surface area (Å²) in [4.78, 5) is 10.8. The van der Waals surface area contributed by atoms with Gasteiger partial charge in [-0.25, -0.2) is 0 Å². The predicted molar refractivity (Wildman–Crippen MR) is 51.4 cm³/mol. The molecular weight excluding hydrogens is 223 g/mol. The summed E-state index contributed by atoms with van der Waals surface area (Å²) >= 11 is 0. The van der Waals surface area contributed by atoms with E-state index in [1.165, 1.54) is 18.2 Å². The average molecular weight is 231 g/mol. The Kier molecular flexibility index (Phi) is 3.22. The van der Waals surface area contributed by atoms with Gasteiger partial charge in [0.15, 0.2) is 0 Å². The Morgan fingerprint density at radius 2 is 1.88 bits per heavy atom. The van der Waals surface area contributed by atoms with E-state index in [9.17, 15) is 18.0 Å². The largest absolute Gasteiger partial charge is 0.573 e. The lowest BCUT2D eigenvalue weighted by molar-refractivity contribution is -0.274. The van der Waals surface area contributed by atoms with Crippen LogP contribution in [0.1, 0.15) is 5.56 Å². The Morgan fingerprint density at radius 1 is 1.31 bits per heavy atom. The van der Waals surface area contributed by atoms with Crippen LogP contribution >= 0.6 is 0 Å². The number of hydrogen-bond acceptors (Lipinski definition) is 2. The van der Waals surface area contributed by atoms with Crippen LogP contribution < -0.4 is 10.5 Å². The second-order valence-corrected chi connectivity index (χ2v) is 2.89. The summed E-state index contributed by atoms with van der Waals surface area (Å²) in [5.41, 5.74) is 4.61. The summed E-state index contributed by atoms with van der Waals surface area (Å²) in [6.45, 7) is 3.29. The third-order valence-electron chi connectivity index (χ3n) is 1.74. The highest BCUT2D eigenvalue weighted by Crippen LogP contribution is 2.29.